The van der Waals surface area contributed by atoms with Crippen LogP contribution < -0.4 is 15.8 Å². The van der Waals surface area contributed by atoms with Crippen molar-refractivity contribution < 1.29 is 9.53 Å². The van der Waals surface area contributed by atoms with E-state index in [2.05, 4.69) is 10.2 Å². The van der Waals surface area contributed by atoms with Crippen LogP contribution in [0.3, 0.4) is 0 Å². The number of nitrogens with one attached hydrogen (secondary N) is 1. The highest BCUT2D eigenvalue weighted by Crippen LogP contribution is 2.28. The van der Waals surface area contributed by atoms with Crippen LogP contribution in [0.15, 0.2) is 18.2 Å². The Labute approximate surface area is 175 Å². The number of carbonyl (C=O) groups is 1. The number of rotatable bonds is 7. The largest absolute Gasteiger partial charge is 0.492 e. The maximum absolute atomic E-state index is 12.2. The fourth-order valence-electron chi connectivity index (χ4n) is 3.95. The normalized spacial score (nSPS) is 22.0. The van der Waals surface area contributed by atoms with Gasteiger partial charge in [0.1, 0.15) is 12.4 Å². The van der Waals surface area contributed by atoms with Crippen LogP contribution in [0.4, 0.5) is 5.69 Å². The highest BCUT2D eigenvalue weighted by atomic mass is 35.5. The molecule has 1 aromatic carbocycles. The highest BCUT2D eigenvalue weighted by Gasteiger charge is 2.26. The zero-order valence-corrected chi connectivity index (χ0v) is 17.7. The Morgan fingerprint density at radius 2 is 1.96 bits per heavy atom. The number of hydrogen-bond donors (Lipinski definition) is 2. The van der Waals surface area contributed by atoms with Crippen molar-refractivity contribution in [3.63, 3.8) is 0 Å². The Morgan fingerprint density at radius 3 is 2.59 bits per heavy atom. The monoisotopic (exact) mass is 417 g/mol. The van der Waals surface area contributed by atoms with E-state index in [0.717, 1.165) is 42.8 Å². The van der Waals surface area contributed by atoms with Crippen molar-refractivity contribution in [3.05, 3.63) is 23.8 Å². The molecule has 3 N–H and O–H groups in total. The van der Waals surface area contributed by atoms with Gasteiger partial charge in [-0.2, -0.15) is 0 Å². The Balaban J connectivity index is 0.00000182. The van der Waals surface area contributed by atoms with Crippen molar-refractivity contribution in [3.8, 4) is 5.75 Å². The highest BCUT2D eigenvalue weighted by molar-refractivity contribution is 5.91. The summed E-state index contributed by atoms with van der Waals surface area (Å²) in [6.07, 6.45) is 6.38. The molecular weight excluding hydrogens is 385 g/mol. The van der Waals surface area contributed by atoms with E-state index >= 15 is 0 Å². The summed E-state index contributed by atoms with van der Waals surface area (Å²) in [5, 5.41) is 3.00. The van der Waals surface area contributed by atoms with Gasteiger partial charge in [0.2, 0.25) is 5.91 Å². The number of nitrogens with zero attached hydrogens (tertiary/aromatic N) is 1. The summed E-state index contributed by atoms with van der Waals surface area (Å²) in [5.74, 6) is 1.29. The molecule has 1 aromatic rings. The van der Waals surface area contributed by atoms with Gasteiger partial charge in [0.05, 0.1) is 0 Å². The Kier molecular flexibility index (Phi) is 10.5. The van der Waals surface area contributed by atoms with Gasteiger partial charge in [-0.05, 0) is 75.4 Å². The lowest BCUT2D eigenvalue weighted by Crippen LogP contribution is -2.28. The third-order valence-corrected chi connectivity index (χ3v) is 5.49. The minimum Gasteiger partial charge on any atom is -0.492 e. The van der Waals surface area contributed by atoms with Crippen LogP contribution in [0, 0.1) is 12.8 Å². The zero-order chi connectivity index (χ0) is 17.6. The lowest BCUT2D eigenvalue weighted by Gasteiger charge is -2.17. The molecule has 1 aliphatic heterocycles. The van der Waals surface area contributed by atoms with Gasteiger partial charge in [0.25, 0.3) is 0 Å². The van der Waals surface area contributed by atoms with Gasteiger partial charge >= 0.3 is 0 Å². The molecule has 1 saturated carbocycles. The zero-order valence-electron chi connectivity index (χ0n) is 16.1. The summed E-state index contributed by atoms with van der Waals surface area (Å²) in [6.45, 7) is 6.11. The van der Waals surface area contributed by atoms with Gasteiger partial charge in [-0.15, -0.1) is 24.8 Å². The van der Waals surface area contributed by atoms with Gasteiger partial charge in [-0.1, -0.05) is 6.42 Å². The van der Waals surface area contributed by atoms with Crippen molar-refractivity contribution in [2.45, 2.75) is 51.5 Å². The second-order valence-corrected chi connectivity index (χ2v) is 7.48. The third kappa shape index (κ3) is 7.15. The Hall–Kier alpha value is -1.01. The van der Waals surface area contributed by atoms with Gasteiger partial charge in [0.15, 0.2) is 0 Å². The summed E-state index contributed by atoms with van der Waals surface area (Å²) >= 11 is 0. The number of ether oxygens (including phenoxy) is 1. The third-order valence-electron chi connectivity index (χ3n) is 5.49. The van der Waals surface area contributed by atoms with E-state index in [9.17, 15) is 4.79 Å². The molecule has 1 heterocycles. The first-order chi connectivity index (χ1) is 12.1. The van der Waals surface area contributed by atoms with Crippen LogP contribution >= 0.6 is 24.8 Å². The Morgan fingerprint density at radius 1 is 1.22 bits per heavy atom. The molecule has 2 atom stereocenters. The number of halogens is 2. The summed E-state index contributed by atoms with van der Waals surface area (Å²) in [7, 11) is 0. The fourth-order valence-corrected chi connectivity index (χ4v) is 3.95. The fraction of sp³-hybridized carbons (Fsp3) is 0.650. The summed E-state index contributed by atoms with van der Waals surface area (Å²) in [5.41, 5.74) is 7.94. The molecular formula is C20H33Cl2N3O2. The van der Waals surface area contributed by atoms with E-state index < -0.39 is 0 Å². The van der Waals surface area contributed by atoms with Crippen LogP contribution in [-0.2, 0) is 4.79 Å². The molecule has 154 valence electrons. The molecule has 3 rings (SSSR count). The van der Waals surface area contributed by atoms with Gasteiger partial charge < -0.3 is 15.8 Å². The van der Waals surface area contributed by atoms with E-state index in [-0.39, 0.29) is 36.8 Å². The standard InChI is InChI=1S/C20H31N3O2.2ClH/c1-15-13-17(22-20(24)14-16-5-4-6-18(16)21)7-8-19(15)25-12-11-23-9-2-3-10-23;;/h7-8,13,16,18H,2-6,9-12,14,21H2,1H3,(H,22,24);2*1H/t16-,18+;;/m0../s1. The number of anilines is 1. The average Bonchev–Trinajstić information content (AvgIpc) is 3.22. The van der Waals surface area contributed by atoms with Crippen LogP contribution in [0.1, 0.15) is 44.1 Å². The minimum absolute atomic E-state index is 0. The smallest absolute Gasteiger partial charge is 0.224 e. The van der Waals surface area contributed by atoms with E-state index in [4.69, 9.17) is 10.5 Å². The maximum atomic E-state index is 12.2. The lowest BCUT2D eigenvalue weighted by atomic mass is 10.00. The molecule has 1 amide bonds. The van der Waals surface area contributed by atoms with E-state index in [1.165, 1.54) is 25.9 Å². The van der Waals surface area contributed by atoms with Gasteiger partial charge in [-0.3, -0.25) is 9.69 Å². The summed E-state index contributed by atoms with van der Waals surface area (Å²) in [6, 6.07) is 6.04. The van der Waals surface area contributed by atoms with Gasteiger partial charge in [0, 0.05) is 24.7 Å². The molecule has 2 fully saturated rings. The summed E-state index contributed by atoms with van der Waals surface area (Å²) in [4.78, 5) is 14.7. The minimum atomic E-state index is 0. The Bertz CT molecular complexity index is 595. The first kappa shape index (κ1) is 24.0. The first-order valence-corrected chi connectivity index (χ1v) is 9.63. The quantitative estimate of drug-likeness (QED) is 0.708. The second kappa shape index (κ2) is 11.7. The van der Waals surface area contributed by atoms with Crippen molar-refractivity contribution in [1.82, 2.24) is 4.90 Å². The SMILES string of the molecule is Cc1cc(NC(=O)C[C@@H]2CCC[C@H]2N)ccc1OCCN1CCCC1.Cl.Cl. The molecule has 27 heavy (non-hydrogen) atoms. The molecule has 0 spiro atoms. The maximum Gasteiger partial charge on any atom is 0.224 e. The topological polar surface area (TPSA) is 67.6 Å². The van der Waals surface area contributed by atoms with Crippen LogP contribution in [0.25, 0.3) is 0 Å². The van der Waals surface area contributed by atoms with Gasteiger partial charge in [-0.25, -0.2) is 0 Å². The van der Waals surface area contributed by atoms with Crippen LogP contribution in [-0.4, -0.2) is 43.1 Å². The number of carbonyl (C=O) groups excluding carboxylic acids is 1. The van der Waals surface area contributed by atoms with Crippen LogP contribution in [0.5, 0.6) is 5.75 Å². The number of aryl methyl sites for hydroxylation is 1. The molecule has 5 nitrogen and oxygen atoms in total. The number of benzene rings is 1. The van der Waals surface area contributed by atoms with Crippen molar-refractivity contribution in [1.29, 1.82) is 0 Å². The van der Waals surface area contributed by atoms with Crippen molar-refractivity contribution >= 4 is 36.4 Å². The van der Waals surface area contributed by atoms with Crippen molar-refractivity contribution in [2.24, 2.45) is 11.7 Å². The number of likely N-dealkylation sites (tertiary alicyclic amines) is 1. The molecule has 0 radical (unpaired) electrons. The molecule has 7 heteroatoms. The number of hydrogen-bond acceptors (Lipinski definition) is 4. The lowest BCUT2D eigenvalue weighted by molar-refractivity contribution is -0.117. The number of amides is 1. The molecule has 1 saturated heterocycles. The van der Waals surface area contributed by atoms with E-state index in [0.29, 0.717) is 18.9 Å². The molecule has 0 unspecified atom stereocenters. The van der Waals surface area contributed by atoms with Crippen molar-refractivity contribution in [2.75, 3.05) is 31.6 Å². The molecule has 0 bridgehead atoms. The van der Waals surface area contributed by atoms with E-state index in [1.54, 1.807) is 0 Å². The molecule has 1 aliphatic carbocycles. The van der Waals surface area contributed by atoms with E-state index in [1.807, 2.05) is 25.1 Å². The summed E-state index contributed by atoms with van der Waals surface area (Å²) < 4.78 is 5.91. The predicted molar refractivity (Wildman–Crippen MR) is 115 cm³/mol. The number of nitrogens with two attached hydrogens (primary N) is 1. The van der Waals surface area contributed by atoms with Crippen LogP contribution in [0.2, 0.25) is 0 Å². The predicted octanol–water partition coefficient (Wildman–Crippen LogP) is 3.77. The first-order valence-electron chi connectivity index (χ1n) is 9.63. The average molecular weight is 418 g/mol. The second-order valence-electron chi connectivity index (χ2n) is 7.48. The molecule has 0 aromatic heterocycles. The molecule has 2 aliphatic rings.